The first-order valence-corrected chi connectivity index (χ1v) is 6.91. The summed E-state index contributed by atoms with van der Waals surface area (Å²) in [5.74, 6) is 0.0486. The number of hydrogen-bond acceptors (Lipinski definition) is 3. The largest absolute Gasteiger partial charge is 0.383 e. The minimum atomic E-state index is -0.304. The van der Waals surface area contributed by atoms with Crippen LogP contribution in [0.4, 0.5) is 0 Å². The number of hydrogen-bond donors (Lipinski definition) is 1. The molecule has 2 rings (SSSR count). The van der Waals surface area contributed by atoms with Crippen molar-refractivity contribution in [2.45, 2.75) is 19.8 Å². The summed E-state index contributed by atoms with van der Waals surface area (Å²) in [4.78, 5) is 21.6. The molecule has 0 spiro atoms. The summed E-state index contributed by atoms with van der Waals surface area (Å²) < 4.78 is 0. The summed E-state index contributed by atoms with van der Waals surface area (Å²) in [5, 5.41) is 0. The van der Waals surface area contributed by atoms with Crippen LogP contribution >= 0.6 is 0 Å². The molecular formula is C16H18N4O. The lowest BCUT2D eigenvalue weighted by molar-refractivity contribution is -0.125. The van der Waals surface area contributed by atoms with Gasteiger partial charge >= 0.3 is 0 Å². The second-order valence-corrected chi connectivity index (χ2v) is 4.93. The Balaban J connectivity index is 2.42. The summed E-state index contributed by atoms with van der Waals surface area (Å²) in [7, 11) is 1.71. The number of nitrogens with two attached hydrogens (primary N) is 1. The van der Waals surface area contributed by atoms with Gasteiger partial charge in [-0.1, -0.05) is 37.6 Å². The molecule has 0 aromatic heterocycles. The molecule has 0 atom stereocenters. The molecule has 1 aromatic rings. The molecule has 5 heteroatoms. The van der Waals surface area contributed by atoms with Gasteiger partial charge in [-0.05, 0) is 6.42 Å². The lowest BCUT2D eigenvalue weighted by Crippen LogP contribution is -2.28. The molecule has 1 aliphatic heterocycles. The Hall–Kier alpha value is -2.61. The van der Waals surface area contributed by atoms with Crippen molar-refractivity contribution in [3.63, 3.8) is 0 Å². The fraction of sp³-hybridized carbons (Fsp3) is 0.312. The van der Waals surface area contributed by atoms with E-state index in [0.717, 1.165) is 24.0 Å². The maximum Gasteiger partial charge on any atom is 0.275 e. The van der Waals surface area contributed by atoms with E-state index >= 15 is 0 Å². The number of carbonyl (C=O) groups excluding carboxylic acids is 1. The third kappa shape index (κ3) is 2.79. The van der Waals surface area contributed by atoms with Crippen LogP contribution in [0.2, 0.25) is 0 Å². The monoisotopic (exact) mass is 282 g/mol. The fourth-order valence-electron chi connectivity index (χ4n) is 2.21. The van der Waals surface area contributed by atoms with Crippen molar-refractivity contribution >= 4 is 17.4 Å². The Morgan fingerprint density at radius 3 is 2.67 bits per heavy atom. The second-order valence-electron chi connectivity index (χ2n) is 4.93. The molecule has 108 valence electrons. The van der Waals surface area contributed by atoms with Crippen LogP contribution in [0.1, 0.15) is 30.9 Å². The van der Waals surface area contributed by atoms with E-state index in [-0.39, 0.29) is 11.6 Å². The standard InChI is InChI=1S/C16H18N4O/c1-4-5-10-20(3)16(21)14(18-2)13-11-8-6-7-9-12(11)15(17)19-13/h6-9H,4-5,10H2,1,3H3,(H2,17,19). The first-order chi connectivity index (χ1) is 10.1. The molecule has 1 amide bonds. The van der Waals surface area contributed by atoms with Crippen LogP contribution in [0.25, 0.3) is 10.5 Å². The smallest absolute Gasteiger partial charge is 0.275 e. The number of aliphatic imine (C=N–C) groups is 1. The van der Waals surface area contributed by atoms with Crippen molar-refractivity contribution in [1.82, 2.24) is 4.90 Å². The average Bonchev–Trinajstić information content (AvgIpc) is 2.83. The van der Waals surface area contributed by atoms with Crippen molar-refractivity contribution in [2.24, 2.45) is 10.7 Å². The van der Waals surface area contributed by atoms with Gasteiger partial charge < -0.3 is 10.6 Å². The lowest BCUT2D eigenvalue weighted by Gasteiger charge is -2.16. The molecule has 0 saturated heterocycles. The number of amides is 1. The quantitative estimate of drug-likeness (QED) is 0.680. The van der Waals surface area contributed by atoms with E-state index < -0.39 is 0 Å². The molecular weight excluding hydrogens is 264 g/mol. The van der Waals surface area contributed by atoms with Gasteiger partial charge in [0.15, 0.2) is 0 Å². The number of carbonyl (C=O) groups is 1. The van der Waals surface area contributed by atoms with E-state index in [1.54, 1.807) is 11.9 Å². The highest BCUT2D eigenvalue weighted by Crippen LogP contribution is 2.31. The van der Waals surface area contributed by atoms with Crippen molar-refractivity contribution < 1.29 is 4.79 Å². The van der Waals surface area contributed by atoms with Crippen LogP contribution in [0.15, 0.2) is 35.0 Å². The molecule has 1 aromatic carbocycles. The van der Waals surface area contributed by atoms with Crippen molar-refractivity contribution in [1.29, 1.82) is 0 Å². The van der Waals surface area contributed by atoms with E-state index in [0.29, 0.717) is 18.1 Å². The topological polar surface area (TPSA) is 63.0 Å². The zero-order valence-electron chi connectivity index (χ0n) is 12.3. The third-order valence-electron chi connectivity index (χ3n) is 3.42. The maximum atomic E-state index is 12.4. The molecule has 0 aliphatic carbocycles. The highest BCUT2D eigenvalue weighted by atomic mass is 16.2. The van der Waals surface area contributed by atoms with Gasteiger partial charge in [-0.2, -0.15) is 0 Å². The van der Waals surface area contributed by atoms with E-state index in [4.69, 9.17) is 12.3 Å². The van der Waals surface area contributed by atoms with Crippen LogP contribution in [-0.2, 0) is 4.79 Å². The minimum Gasteiger partial charge on any atom is -0.383 e. The predicted molar refractivity (Wildman–Crippen MR) is 83.2 cm³/mol. The molecule has 0 radical (unpaired) electrons. The van der Waals surface area contributed by atoms with E-state index in [1.807, 2.05) is 24.3 Å². The number of unbranched alkanes of at least 4 members (excludes halogenated alkanes) is 1. The average molecular weight is 282 g/mol. The predicted octanol–water partition coefficient (Wildman–Crippen LogP) is 2.25. The summed E-state index contributed by atoms with van der Waals surface area (Å²) in [6, 6.07) is 7.38. The summed E-state index contributed by atoms with van der Waals surface area (Å²) in [5.41, 5.74) is 7.81. The number of benzene rings is 1. The molecule has 5 nitrogen and oxygen atoms in total. The Morgan fingerprint density at radius 2 is 2.05 bits per heavy atom. The van der Waals surface area contributed by atoms with Gasteiger partial charge in [0.05, 0.1) is 12.3 Å². The molecule has 1 aliphatic rings. The molecule has 0 bridgehead atoms. The molecule has 21 heavy (non-hydrogen) atoms. The number of fused-ring (bicyclic) bond motifs is 1. The first-order valence-electron chi connectivity index (χ1n) is 6.91. The van der Waals surface area contributed by atoms with Gasteiger partial charge in [-0.15, -0.1) is 0 Å². The van der Waals surface area contributed by atoms with Crippen LogP contribution in [0, 0.1) is 6.57 Å². The molecule has 0 fully saturated rings. The van der Waals surface area contributed by atoms with Crippen LogP contribution in [0.3, 0.4) is 0 Å². The highest BCUT2D eigenvalue weighted by molar-refractivity contribution is 6.14. The molecule has 1 heterocycles. The van der Waals surface area contributed by atoms with E-state index in [1.165, 1.54) is 0 Å². The Morgan fingerprint density at radius 1 is 1.38 bits per heavy atom. The number of rotatable bonds is 4. The molecule has 0 unspecified atom stereocenters. The summed E-state index contributed by atoms with van der Waals surface area (Å²) in [6.07, 6.45) is 1.90. The summed E-state index contributed by atoms with van der Waals surface area (Å²) in [6.45, 7) is 10.0. The van der Waals surface area contributed by atoms with Gasteiger partial charge in [0.1, 0.15) is 5.84 Å². The van der Waals surface area contributed by atoms with Crippen molar-refractivity contribution in [3.05, 3.63) is 52.5 Å². The van der Waals surface area contributed by atoms with E-state index in [9.17, 15) is 4.79 Å². The van der Waals surface area contributed by atoms with Gasteiger partial charge in [0.25, 0.3) is 11.6 Å². The van der Waals surface area contributed by atoms with Gasteiger partial charge in [0, 0.05) is 24.7 Å². The van der Waals surface area contributed by atoms with E-state index in [2.05, 4.69) is 16.8 Å². The zero-order chi connectivity index (χ0) is 15.4. The lowest BCUT2D eigenvalue weighted by atomic mass is 10.1. The zero-order valence-corrected chi connectivity index (χ0v) is 12.3. The minimum absolute atomic E-state index is 0.0292. The number of nitrogens with zero attached hydrogens (tertiary/aromatic N) is 3. The number of likely N-dealkylation sites (N-methyl/N-ethyl adjacent to an activating group) is 1. The Labute approximate surface area is 124 Å². The molecule has 0 saturated carbocycles. The van der Waals surface area contributed by atoms with Crippen molar-refractivity contribution in [2.75, 3.05) is 13.6 Å². The summed E-state index contributed by atoms with van der Waals surface area (Å²) >= 11 is 0. The maximum absolute atomic E-state index is 12.4. The van der Waals surface area contributed by atoms with Gasteiger partial charge in [0.2, 0.25) is 0 Å². The first kappa shape index (κ1) is 14.8. The Kier molecular flexibility index (Phi) is 4.39. The SMILES string of the molecule is [C-]#[N+]C(C(=O)N(C)CCCC)=C1N=C(N)c2ccccc21. The normalized spacial score (nSPS) is 15.0. The van der Waals surface area contributed by atoms with Crippen molar-refractivity contribution in [3.8, 4) is 0 Å². The Bertz CT molecular complexity index is 667. The number of amidine groups is 1. The fourth-order valence-corrected chi connectivity index (χ4v) is 2.21. The van der Waals surface area contributed by atoms with Crippen LogP contribution in [0.5, 0.6) is 0 Å². The van der Waals surface area contributed by atoms with Gasteiger partial charge in [-0.3, -0.25) is 4.79 Å². The van der Waals surface area contributed by atoms with Gasteiger partial charge in [-0.25, -0.2) is 9.84 Å². The van der Waals surface area contributed by atoms with Crippen LogP contribution in [-0.4, -0.2) is 30.2 Å². The third-order valence-corrected chi connectivity index (χ3v) is 3.42. The second kappa shape index (κ2) is 6.23. The highest BCUT2D eigenvalue weighted by Gasteiger charge is 2.26. The molecule has 2 N–H and O–H groups in total. The van der Waals surface area contributed by atoms with Crippen LogP contribution < -0.4 is 5.73 Å².